The first-order chi connectivity index (χ1) is 22.6. The van der Waals surface area contributed by atoms with E-state index in [4.69, 9.17) is 9.47 Å². The van der Waals surface area contributed by atoms with Gasteiger partial charge < -0.3 is 24.6 Å². The van der Waals surface area contributed by atoms with Crippen LogP contribution in [0.15, 0.2) is 97.1 Å². The Morgan fingerprint density at radius 2 is 1.47 bits per heavy atom. The lowest BCUT2D eigenvalue weighted by molar-refractivity contribution is -0.163. The van der Waals surface area contributed by atoms with Gasteiger partial charge in [-0.1, -0.05) is 72.8 Å². The van der Waals surface area contributed by atoms with Crippen molar-refractivity contribution in [1.29, 1.82) is 0 Å². The second kappa shape index (κ2) is 13.7. The predicted octanol–water partition coefficient (Wildman–Crippen LogP) is 4.94. The lowest BCUT2D eigenvalue weighted by atomic mass is 9.90. The molecular formula is C37H35N3O7. The van der Waals surface area contributed by atoms with Crippen LogP contribution in [0.25, 0.3) is 11.1 Å². The topological polar surface area (TPSA) is 122 Å². The minimum atomic E-state index is -1.64. The van der Waals surface area contributed by atoms with Crippen molar-refractivity contribution < 1.29 is 33.4 Å². The van der Waals surface area contributed by atoms with Gasteiger partial charge in [-0.3, -0.25) is 19.2 Å². The van der Waals surface area contributed by atoms with Gasteiger partial charge in [0.05, 0.1) is 24.3 Å². The molecule has 10 heteroatoms. The molecule has 0 radical (unpaired) electrons. The van der Waals surface area contributed by atoms with Gasteiger partial charge in [-0.05, 0) is 47.9 Å². The van der Waals surface area contributed by atoms with Gasteiger partial charge in [0.25, 0.3) is 17.7 Å². The van der Waals surface area contributed by atoms with Gasteiger partial charge in [0.15, 0.2) is 0 Å². The zero-order valence-electron chi connectivity index (χ0n) is 26.6. The molecule has 4 aromatic carbocycles. The maximum absolute atomic E-state index is 13.5. The second-order valence-electron chi connectivity index (χ2n) is 11.3. The summed E-state index contributed by atoms with van der Waals surface area (Å²) in [5, 5.41) is 2.87. The van der Waals surface area contributed by atoms with Crippen molar-refractivity contribution in [2.75, 3.05) is 39.7 Å². The number of likely N-dealkylation sites (N-methyl/N-ethyl adjacent to an activating group) is 1. The quantitative estimate of drug-likeness (QED) is 0.246. The third-order valence-corrected chi connectivity index (χ3v) is 8.11. The monoisotopic (exact) mass is 633 g/mol. The van der Waals surface area contributed by atoms with Crippen molar-refractivity contribution in [3.8, 4) is 11.1 Å². The van der Waals surface area contributed by atoms with Crippen molar-refractivity contribution in [2.45, 2.75) is 18.9 Å². The highest BCUT2D eigenvalue weighted by Crippen LogP contribution is 2.39. The fraction of sp³-hybridized carbons (Fsp3) is 0.216. The van der Waals surface area contributed by atoms with Crippen LogP contribution < -0.4 is 5.32 Å². The smallest absolute Gasteiger partial charge is 0.340 e. The highest BCUT2D eigenvalue weighted by Gasteiger charge is 2.55. The molecule has 1 aliphatic rings. The molecule has 4 aromatic rings. The van der Waals surface area contributed by atoms with Gasteiger partial charge in [-0.25, -0.2) is 4.79 Å². The zero-order valence-corrected chi connectivity index (χ0v) is 26.6. The van der Waals surface area contributed by atoms with Crippen molar-refractivity contribution in [3.63, 3.8) is 0 Å². The highest BCUT2D eigenvalue weighted by molar-refractivity contribution is 6.12. The van der Waals surface area contributed by atoms with E-state index < -0.39 is 30.0 Å². The third-order valence-electron chi connectivity index (χ3n) is 8.11. The third kappa shape index (κ3) is 6.35. The first-order valence-corrected chi connectivity index (χ1v) is 15.1. The average Bonchev–Trinajstić information content (AvgIpc) is 3.30. The van der Waals surface area contributed by atoms with Gasteiger partial charge in [-0.15, -0.1) is 0 Å². The van der Waals surface area contributed by atoms with E-state index in [0.717, 1.165) is 11.1 Å². The van der Waals surface area contributed by atoms with E-state index in [1.807, 2.05) is 42.5 Å². The summed E-state index contributed by atoms with van der Waals surface area (Å²) in [6.07, 6.45) is -0.239. The number of amides is 3. The van der Waals surface area contributed by atoms with Gasteiger partial charge in [-0.2, -0.15) is 0 Å². The number of nitrogens with zero attached hydrogens (tertiary/aromatic N) is 2. The van der Waals surface area contributed by atoms with E-state index in [1.54, 1.807) is 69.6 Å². The highest BCUT2D eigenvalue weighted by atomic mass is 16.6. The lowest BCUT2D eigenvalue weighted by Gasteiger charge is -2.33. The molecule has 3 amide bonds. The number of anilines is 1. The molecule has 0 spiro atoms. The van der Waals surface area contributed by atoms with Crippen molar-refractivity contribution in [2.24, 2.45) is 0 Å². The maximum Gasteiger partial charge on any atom is 0.340 e. The lowest BCUT2D eigenvalue weighted by Crippen LogP contribution is -2.52. The number of esters is 2. The Morgan fingerprint density at radius 3 is 2.17 bits per heavy atom. The molecule has 1 heterocycles. The van der Waals surface area contributed by atoms with Crippen molar-refractivity contribution in [3.05, 3.63) is 125 Å². The molecule has 0 bridgehead atoms. The minimum absolute atomic E-state index is 0.0716. The standard InChI is InChI=1S/C37H35N3O7/c1-5-46-36(45)37(30-18-12-11-17-28(30)35(44)40(37)4)23-47-32(41)22-24-19-20-31(29(21-24)34(43)39(2)3)38-33(42)27-16-10-9-15-26(27)25-13-7-6-8-14-25/h6-21H,5,22-23H2,1-4H3,(H,38,42)/t37-/m0/s1. The Hall–Kier alpha value is -5.77. The molecule has 1 aliphatic heterocycles. The zero-order chi connectivity index (χ0) is 33.7. The molecule has 0 fully saturated rings. The number of rotatable bonds is 10. The normalized spacial score (nSPS) is 15.1. The molecule has 0 unspecified atom stereocenters. The number of benzene rings is 4. The van der Waals surface area contributed by atoms with Crippen LogP contribution in [0.3, 0.4) is 0 Å². The van der Waals surface area contributed by atoms with E-state index >= 15 is 0 Å². The largest absolute Gasteiger partial charge is 0.464 e. The van der Waals surface area contributed by atoms with Gasteiger partial charge >= 0.3 is 11.9 Å². The van der Waals surface area contributed by atoms with Crippen LogP contribution in [0.2, 0.25) is 0 Å². The number of hydrogen-bond donors (Lipinski definition) is 1. The van der Waals surface area contributed by atoms with E-state index in [-0.39, 0.29) is 36.1 Å². The van der Waals surface area contributed by atoms with Crippen LogP contribution in [-0.2, 0) is 31.0 Å². The van der Waals surface area contributed by atoms with E-state index in [2.05, 4.69) is 5.32 Å². The molecule has 1 N–H and O–H groups in total. The maximum atomic E-state index is 13.5. The fourth-order valence-corrected chi connectivity index (χ4v) is 5.67. The van der Waals surface area contributed by atoms with Crippen LogP contribution in [0, 0.1) is 0 Å². The predicted molar refractivity (Wildman–Crippen MR) is 176 cm³/mol. The van der Waals surface area contributed by atoms with E-state index in [9.17, 15) is 24.0 Å². The number of carbonyl (C=O) groups is 5. The van der Waals surface area contributed by atoms with E-state index in [0.29, 0.717) is 22.3 Å². The summed E-state index contributed by atoms with van der Waals surface area (Å²) >= 11 is 0. The Balaban J connectivity index is 1.38. The Morgan fingerprint density at radius 1 is 0.809 bits per heavy atom. The number of carbonyl (C=O) groups excluding carboxylic acids is 5. The number of fused-ring (bicyclic) bond motifs is 1. The van der Waals surface area contributed by atoms with Crippen LogP contribution in [0.4, 0.5) is 5.69 Å². The summed E-state index contributed by atoms with van der Waals surface area (Å²) < 4.78 is 11.0. The van der Waals surface area contributed by atoms with Crippen molar-refractivity contribution in [1.82, 2.24) is 9.80 Å². The average molecular weight is 634 g/mol. The van der Waals surface area contributed by atoms with Crippen LogP contribution in [0.5, 0.6) is 0 Å². The van der Waals surface area contributed by atoms with Gasteiger partial charge in [0.2, 0.25) is 5.54 Å². The minimum Gasteiger partial charge on any atom is -0.464 e. The summed E-state index contributed by atoms with van der Waals surface area (Å²) in [6, 6.07) is 28.1. The molecule has 0 aromatic heterocycles. The summed E-state index contributed by atoms with van der Waals surface area (Å²) in [5.74, 6) is -2.56. The molecule has 1 atom stereocenters. The van der Waals surface area contributed by atoms with Gasteiger partial charge in [0.1, 0.15) is 6.61 Å². The van der Waals surface area contributed by atoms with Crippen LogP contribution >= 0.6 is 0 Å². The first-order valence-electron chi connectivity index (χ1n) is 15.1. The molecule has 10 nitrogen and oxygen atoms in total. The van der Waals surface area contributed by atoms with Gasteiger partial charge in [0, 0.05) is 37.8 Å². The number of ether oxygens (including phenoxy) is 2. The summed E-state index contributed by atoms with van der Waals surface area (Å²) in [7, 11) is 4.65. The number of hydrogen-bond acceptors (Lipinski definition) is 7. The summed E-state index contributed by atoms with van der Waals surface area (Å²) in [5.41, 5.74) is 2.03. The molecule has 240 valence electrons. The van der Waals surface area contributed by atoms with E-state index in [1.165, 1.54) is 22.9 Å². The summed E-state index contributed by atoms with van der Waals surface area (Å²) in [6.45, 7) is 1.27. The van der Waals surface area contributed by atoms with Crippen LogP contribution in [0.1, 0.15) is 49.1 Å². The molecular weight excluding hydrogens is 598 g/mol. The molecule has 0 saturated heterocycles. The molecule has 47 heavy (non-hydrogen) atoms. The molecule has 5 rings (SSSR count). The second-order valence-corrected chi connectivity index (χ2v) is 11.3. The first kappa shape index (κ1) is 32.6. The SMILES string of the molecule is CCOC(=O)[C@]1(COC(=O)Cc2ccc(NC(=O)c3ccccc3-c3ccccc3)c(C(=O)N(C)C)c2)c2ccccc2C(=O)N1C. The number of nitrogens with one attached hydrogen (secondary N) is 1. The molecule has 0 saturated carbocycles. The summed E-state index contributed by atoms with van der Waals surface area (Å²) in [4.78, 5) is 68.9. The van der Waals surface area contributed by atoms with Crippen molar-refractivity contribution >= 4 is 35.3 Å². The Bertz CT molecular complexity index is 1850. The Kier molecular flexibility index (Phi) is 9.51. The molecule has 0 aliphatic carbocycles. The Labute approximate surface area is 272 Å². The van der Waals surface area contributed by atoms with Crippen LogP contribution in [-0.4, -0.2) is 73.8 Å². The fourth-order valence-electron chi connectivity index (χ4n) is 5.67.